The summed E-state index contributed by atoms with van der Waals surface area (Å²) in [6.45, 7) is 11.8. The summed E-state index contributed by atoms with van der Waals surface area (Å²) >= 11 is 0. The summed E-state index contributed by atoms with van der Waals surface area (Å²) < 4.78 is 7.05. The van der Waals surface area contributed by atoms with Crippen LogP contribution in [0.1, 0.15) is 84.0 Å². The van der Waals surface area contributed by atoms with E-state index >= 15 is 0 Å². The topological polar surface area (TPSA) is 114 Å². The second kappa shape index (κ2) is 11.5. The number of nitrogens with zero attached hydrogens (tertiary/aromatic N) is 1. The molecule has 8 nitrogen and oxygen atoms in total. The highest BCUT2D eigenvalue weighted by Gasteiger charge is 2.57. The number of nitrogens with one attached hydrogen (secondary N) is 2. The molecule has 1 saturated heterocycles. The number of carbonyl (C=O) groups is 3. The third kappa shape index (κ3) is 5.29. The van der Waals surface area contributed by atoms with Gasteiger partial charge >= 0.3 is 0 Å². The summed E-state index contributed by atoms with van der Waals surface area (Å²) in [6, 6.07) is 8.13. The van der Waals surface area contributed by atoms with Gasteiger partial charge in [0.05, 0.1) is 17.6 Å². The molecule has 1 unspecified atom stereocenters. The van der Waals surface area contributed by atoms with Crippen LogP contribution in [0.5, 0.6) is 0 Å². The number of carbonyl (C=O) groups excluding carboxylic acids is 3. The maximum Gasteiger partial charge on any atom is 0.240 e. The summed E-state index contributed by atoms with van der Waals surface area (Å²) in [5, 5.41) is 6.52. The normalized spacial score (nSPS) is 27.9. The van der Waals surface area contributed by atoms with Crippen molar-refractivity contribution in [3.63, 3.8) is 0 Å². The van der Waals surface area contributed by atoms with Crippen molar-refractivity contribution in [2.75, 3.05) is 18.4 Å². The van der Waals surface area contributed by atoms with E-state index in [4.69, 9.17) is 10.2 Å². The number of nitrogens with two attached hydrogens (primary N) is 1. The van der Waals surface area contributed by atoms with Crippen molar-refractivity contribution < 1.29 is 18.8 Å². The van der Waals surface area contributed by atoms with Crippen molar-refractivity contribution in [1.82, 2.24) is 10.2 Å². The van der Waals surface area contributed by atoms with E-state index in [0.717, 1.165) is 54.2 Å². The molecule has 0 saturated carbocycles. The standard InChI is InChI=1S/C29H46N4O4Si/c1-6-38(7-2,8-3)37-25-11-9-10-14-31-23(15-19(4)5)27(35)33-18-29(17-24(33)26(30)34)21-16-20(25)12-13-22(21)32-28(29)36/h12-13,16,19,23-25,31H,6-11,14-15,17-18H2,1-5H3,(H2,30,34)(H,32,36)/t23-,24-,25?,29-/m0/s1. The fraction of sp³-hybridized carbons (Fsp3) is 0.690. The van der Waals surface area contributed by atoms with Crippen LogP contribution in [0.25, 0.3) is 0 Å². The first kappa shape index (κ1) is 28.8. The van der Waals surface area contributed by atoms with Crippen molar-refractivity contribution in [3.8, 4) is 0 Å². The summed E-state index contributed by atoms with van der Waals surface area (Å²) in [5.41, 5.74) is 7.54. The zero-order valence-corrected chi connectivity index (χ0v) is 24.8. The number of hydrogen-bond donors (Lipinski definition) is 3. The molecule has 0 radical (unpaired) electrons. The quantitative estimate of drug-likeness (QED) is 0.426. The van der Waals surface area contributed by atoms with Gasteiger partial charge in [-0.2, -0.15) is 0 Å². The van der Waals surface area contributed by atoms with Crippen molar-refractivity contribution in [2.24, 2.45) is 11.7 Å². The van der Waals surface area contributed by atoms with Crippen LogP contribution in [0.3, 0.4) is 0 Å². The van der Waals surface area contributed by atoms with E-state index in [1.165, 1.54) is 0 Å². The summed E-state index contributed by atoms with van der Waals surface area (Å²) in [5.74, 6) is -0.570. The van der Waals surface area contributed by atoms with Crippen LogP contribution in [-0.2, 0) is 24.2 Å². The molecule has 0 aliphatic carbocycles. The molecule has 1 aromatic rings. The molecule has 210 valence electrons. The van der Waals surface area contributed by atoms with Gasteiger partial charge in [-0.25, -0.2) is 0 Å². The minimum atomic E-state index is -1.89. The Labute approximate surface area is 228 Å². The molecule has 9 heteroatoms. The average Bonchev–Trinajstić information content (AvgIpc) is 3.43. The molecule has 4 atom stereocenters. The molecule has 1 fully saturated rings. The number of fused-ring (bicyclic) bond motifs is 2. The van der Waals surface area contributed by atoms with Gasteiger partial charge in [0.25, 0.3) is 0 Å². The number of anilines is 1. The number of hydrogen-bond acceptors (Lipinski definition) is 5. The molecule has 1 spiro atoms. The van der Waals surface area contributed by atoms with E-state index in [9.17, 15) is 14.4 Å². The van der Waals surface area contributed by atoms with Gasteiger partial charge in [-0.05, 0) is 79.9 Å². The molecular formula is C29H46N4O4Si. The summed E-state index contributed by atoms with van der Waals surface area (Å²) in [6.07, 6.45) is 3.60. The van der Waals surface area contributed by atoms with E-state index in [0.29, 0.717) is 18.9 Å². The van der Waals surface area contributed by atoms with Crippen molar-refractivity contribution in [1.29, 1.82) is 0 Å². The number of primary amides is 1. The van der Waals surface area contributed by atoms with E-state index in [1.807, 2.05) is 6.07 Å². The minimum absolute atomic E-state index is 0.0416. The Bertz CT molecular complexity index is 1050. The lowest BCUT2D eigenvalue weighted by atomic mass is 9.78. The lowest BCUT2D eigenvalue weighted by molar-refractivity contribution is -0.139. The first-order valence-corrected chi connectivity index (χ1v) is 17.1. The highest BCUT2D eigenvalue weighted by atomic mass is 28.4. The second-order valence-corrected chi connectivity index (χ2v) is 16.6. The van der Waals surface area contributed by atoms with E-state index < -0.39 is 31.7 Å². The molecule has 1 aromatic carbocycles. The predicted molar refractivity (Wildman–Crippen MR) is 152 cm³/mol. The van der Waals surface area contributed by atoms with Crippen molar-refractivity contribution >= 4 is 31.7 Å². The van der Waals surface area contributed by atoms with Crippen molar-refractivity contribution in [2.45, 2.75) is 108 Å². The molecule has 4 rings (SSSR count). The molecule has 38 heavy (non-hydrogen) atoms. The van der Waals surface area contributed by atoms with Gasteiger partial charge in [-0.1, -0.05) is 46.8 Å². The number of amides is 3. The monoisotopic (exact) mass is 542 g/mol. The van der Waals surface area contributed by atoms with Crippen LogP contribution in [-0.4, -0.2) is 56.1 Å². The molecule has 3 amide bonds. The van der Waals surface area contributed by atoms with Gasteiger partial charge in [0, 0.05) is 12.2 Å². The molecule has 3 heterocycles. The first-order chi connectivity index (χ1) is 18.1. The maximum atomic E-state index is 13.8. The van der Waals surface area contributed by atoms with E-state index in [-0.39, 0.29) is 30.9 Å². The Hall–Kier alpha value is -2.23. The van der Waals surface area contributed by atoms with Crippen LogP contribution in [0.15, 0.2) is 18.2 Å². The Kier molecular flexibility index (Phi) is 8.69. The van der Waals surface area contributed by atoms with Crippen molar-refractivity contribution in [3.05, 3.63) is 29.3 Å². The molecule has 3 aliphatic heterocycles. The molecule has 0 aromatic heterocycles. The largest absolute Gasteiger partial charge is 0.410 e. The average molecular weight is 543 g/mol. The lowest BCUT2D eigenvalue weighted by Gasteiger charge is -2.34. The van der Waals surface area contributed by atoms with E-state index in [1.54, 1.807) is 4.90 Å². The fourth-order valence-corrected chi connectivity index (χ4v) is 9.51. The van der Waals surface area contributed by atoms with E-state index in [2.05, 4.69) is 57.4 Å². The number of rotatable bonds is 8. The summed E-state index contributed by atoms with van der Waals surface area (Å²) in [4.78, 5) is 41.6. The Morgan fingerprint density at radius 2 is 1.89 bits per heavy atom. The predicted octanol–water partition coefficient (Wildman–Crippen LogP) is 4.21. The van der Waals surface area contributed by atoms with Gasteiger partial charge in [0.1, 0.15) is 6.04 Å². The highest BCUT2D eigenvalue weighted by molar-refractivity contribution is 6.73. The first-order valence-electron chi connectivity index (χ1n) is 14.6. The zero-order valence-electron chi connectivity index (χ0n) is 23.8. The highest BCUT2D eigenvalue weighted by Crippen LogP contribution is 2.48. The third-order valence-corrected chi connectivity index (χ3v) is 13.8. The molecule has 3 aliphatic rings. The minimum Gasteiger partial charge on any atom is -0.410 e. The molecule has 4 N–H and O–H groups in total. The Morgan fingerprint density at radius 3 is 2.53 bits per heavy atom. The van der Waals surface area contributed by atoms with Gasteiger partial charge in [-0.3, -0.25) is 14.4 Å². The van der Waals surface area contributed by atoms with Gasteiger partial charge in [0.15, 0.2) is 8.32 Å². The summed E-state index contributed by atoms with van der Waals surface area (Å²) in [7, 11) is -1.89. The maximum absolute atomic E-state index is 13.8. The smallest absolute Gasteiger partial charge is 0.240 e. The molecular weight excluding hydrogens is 496 g/mol. The van der Waals surface area contributed by atoms with Gasteiger partial charge < -0.3 is 25.7 Å². The zero-order chi connectivity index (χ0) is 27.7. The second-order valence-electron chi connectivity index (χ2n) is 11.9. The van der Waals surface area contributed by atoms with Gasteiger partial charge in [-0.15, -0.1) is 0 Å². The Balaban J connectivity index is 1.80. The number of benzene rings is 1. The third-order valence-electron chi connectivity index (χ3n) is 9.20. The van der Waals surface area contributed by atoms with Crippen LogP contribution in [0, 0.1) is 5.92 Å². The van der Waals surface area contributed by atoms with Crippen LogP contribution in [0.4, 0.5) is 5.69 Å². The Morgan fingerprint density at radius 1 is 1.18 bits per heavy atom. The fourth-order valence-electron chi connectivity index (χ4n) is 6.65. The van der Waals surface area contributed by atoms with Crippen LogP contribution >= 0.6 is 0 Å². The van der Waals surface area contributed by atoms with Crippen LogP contribution < -0.4 is 16.4 Å². The lowest BCUT2D eigenvalue weighted by Crippen LogP contribution is -2.52. The van der Waals surface area contributed by atoms with Crippen LogP contribution in [0.2, 0.25) is 18.1 Å². The SMILES string of the molecule is CC[Si](CC)(CC)OC1CCCCN[C@@H](CC(C)C)C(=O)N2C[C@]3(C[C@H]2C(N)=O)C(=O)Nc2ccc1cc23. The van der Waals surface area contributed by atoms with Gasteiger partial charge in [0.2, 0.25) is 17.7 Å². The molecule has 4 bridgehead atoms.